The van der Waals surface area contributed by atoms with Crippen LogP contribution in [0.3, 0.4) is 0 Å². The summed E-state index contributed by atoms with van der Waals surface area (Å²) in [6.45, 7) is 5.53. The van der Waals surface area contributed by atoms with Gasteiger partial charge < -0.3 is 5.32 Å². The van der Waals surface area contributed by atoms with E-state index in [0.29, 0.717) is 22.6 Å². The molecule has 108 valence electrons. The van der Waals surface area contributed by atoms with Gasteiger partial charge in [-0.2, -0.15) is 0 Å². The summed E-state index contributed by atoms with van der Waals surface area (Å²) in [5, 5.41) is 10.9. The summed E-state index contributed by atoms with van der Waals surface area (Å²) in [4.78, 5) is 0. The van der Waals surface area contributed by atoms with Crippen molar-refractivity contribution >= 4 is 15.9 Å². The van der Waals surface area contributed by atoms with Crippen LogP contribution in [0, 0.1) is 17.6 Å². The third-order valence-electron chi connectivity index (χ3n) is 2.67. The minimum atomic E-state index is -0.688. The van der Waals surface area contributed by atoms with Gasteiger partial charge in [0.1, 0.15) is 11.5 Å². The topological polar surface area (TPSA) is 42.7 Å². The van der Waals surface area contributed by atoms with Crippen LogP contribution in [0.5, 0.6) is 0 Å². The zero-order valence-corrected chi connectivity index (χ0v) is 12.8. The molecular formula is C13H15BrF2N4. The molecule has 1 aromatic carbocycles. The van der Waals surface area contributed by atoms with E-state index < -0.39 is 11.6 Å². The maximum atomic E-state index is 13.9. The molecule has 2 rings (SSSR count). The molecule has 0 fully saturated rings. The average molecular weight is 345 g/mol. The molecule has 0 saturated carbocycles. The molecule has 20 heavy (non-hydrogen) atoms. The van der Waals surface area contributed by atoms with Crippen molar-refractivity contribution in [3.8, 4) is 5.69 Å². The van der Waals surface area contributed by atoms with E-state index in [-0.39, 0.29) is 5.69 Å². The molecule has 0 aliphatic heterocycles. The van der Waals surface area contributed by atoms with Gasteiger partial charge in [-0.1, -0.05) is 19.1 Å². The number of nitrogens with zero attached hydrogens (tertiary/aromatic N) is 3. The molecule has 0 unspecified atom stereocenters. The molecule has 1 aromatic heterocycles. The van der Waals surface area contributed by atoms with Crippen molar-refractivity contribution in [1.82, 2.24) is 20.3 Å². The zero-order valence-electron chi connectivity index (χ0n) is 11.2. The number of aromatic nitrogens is 3. The summed E-state index contributed by atoms with van der Waals surface area (Å²) in [5.41, 5.74) is 0.863. The number of benzene rings is 1. The third kappa shape index (κ3) is 3.40. The van der Waals surface area contributed by atoms with E-state index >= 15 is 0 Å². The Labute approximate surface area is 124 Å². The Morgan fingerprint density at radius 2 is 2.10 bits per heavy atom. The Bertz CT molecular complexity index is 575. The largest absolute Gasteiger partial charge is 0.311 e. The van der Waals surface area contributed by atoms with Crippen LogP contribution in [0.25, 0.3) is 5.69 Å². The van der Waals surface area contributed by atoms with E-state index in [0.717, 1.165) is 12.6 Å². The second-order valence-corrected chi connectivity index (χ2v) is 5.73. The Kier molecular flexibility index (Phi) is 4.82. The molecule has 0 bridgehead atoms. The summed E-state index contributed by atoms with van der Waals surface area (Å²) in [7, 11) is 0. The van der Waals surface area contributed by atoms with Crippen molar-refractivity contribution in [2.75, 3.05) is 6.54 Å². The predicted molar refractivity (Wildman–Crippen MR) is 75.5 cm³/mol. The molecule has 0 aliphatic rings. The van der Waals surface area contributed by atoms with Crippen LogP contribution in [-0.2, 0) is 6.54 Å². The molecule has 0 spiro atoms. The first-order chi connectivity index (χ1) is 9.49. The minimum absolute atomic E-state index is 0.158. The Balaban J connectivity index is 2.28. The van der Waals surface area contributed by atoms with Gasteiger partial charge in [-0.05, 0) is 34.5 Å². The Morgan fingerprint density at radius 1 is 1.35 bits per heavy atom. The number of halogens is 3. The van der Waals surface area contributed by atoms with Gasteiger partial charge in [0.2, 0.25) is 0 Å². The SMILES string of the molecule is CC(C)CNCc1cnnn1-c1c(F)cc(F)cc1Br. The lowest BCUT2D eigenvalue weighted by Crippen LogP contribution is -2.21. The Hall–Kier alpha value is -1.34. The fourth-order valence-corrected chi connectivity index (χ4v) is 2.37. The first kappa shape index (κ1) is 15.1. The molecule has 0 radical (unpaired) electrons. The van der Waals surface area contributed by atoms with Crippen molar-refractivity contribution in [3.05, 3.63) is 40.1 Å². The third-order valence-corrected chi connectivity index (χ3v) is 3.28. The van der Waals surface area contributed by atoms with Crippen molar-refractivity contribution in [2.45, 2.75) is 20.4 Å². The highest BCUT2D eigenvalue weighted by Gasteiger charge is 2.15. The van der Waals surface area contributed by atoms with Crippen LogP contribution in [0.4, 0.5) is 8.78 Å². The van der Waals surface area contributed by atoms with Crippen LogP contribution in [0.15, 0.2) is 22.8 Å². The lowest BCUT2D eigenvalue weighted by molar-refractivity contribution is 0.535. The van der Waals surface area contributed by atoms with Crippen LogP contribution in [0.1, 0.15) is 19.5 Å². The van der Waals surface area contributed by atoms with Gasteiger partial charge in [0, 0.05) is 17.1 Å². The lowest BCUT2D eigenvalue weighted by atomic mass is 10.2. The van der Waals surface area contributed by atoms with Gasteiger partial charge in [-0.15, -0.1) is 5.10 Å². The predicted octanol–water partition coefficient (Wildman–Crippen LogP) is 3.05. The van der Waals surface area contributed by atoms with Crippen molar-refractivity contribution < 1.29 is 8.78 Å². The smallest absolute Gasteiger partial charge is 0.153 e. The van der Waals surface area contributed by atoms with E-state index in [2.05, 4.69) is 45.4 Å². The molecular weight excluding hydrogens is 330 g/mol. The average Bonchev–Trinajstić information content (AvgIpc) is 2.75. The van der Waals surface area contributed by atoms with Crippen LogP contribution in [0.2, 0.25) is 0 Å². The molecule has 7 heteroatoms. The molecule has 4 nitrogen and oxygen atoms in total. The molecule has 2 aromatic rings. The fourth-order valence-electron chi connectivity index (χ4n) is 1.79. The zero-order chi connectivity index (χ0) is 14.7. The van der Waals surface area contributed by atoms with Crippen LogP contribution in [-0.4, -0.2) is 21.5 Å². The quantitative estimate of drug-likeness (QED) is 0.906. The summed E-state index contributed by atoms with van der Waals surface area (Å²) >= 11 is 3.16. The molecule has 1 heterocycles. The normalized spacial score (nSPS) is 11.3. The van der Waals surface area contributed by atoms with Crippen molar-refractivity contribution in [1.29, 1.82) is 0 Å². The van der Waals surface area contributed by atoms with Gasteiger partial charge in [-0.3, -0.25) is 0 Å². The summed E-state index contributed by atoms with van der Waals surface area (Å²) in [5.74, 6) is -0.821. The van der Waals surface area contributed by atoms with Gasteiger partial charge in [-0.25, -0.2) is 13.5 Å². The van der Waals surface area contributed by atoms with Crippen molar-refractivity contribution in [3.63, 3.8) is 0 Å². The minimum Gasteiger partial charge on any atom is -0.311 e. The highest BCUT2D eigenvalue weighted by Crippen LogP contribution is 2.25. The highest BCUT2D eigenvalue weighted by molar-refractivity contribution is 9.10. The summed E-state index contributed by atoms with van der Waals surface area (Å²) < 4.78 is 28.7. The Morgan fingerprint density at radius 3 is 2.75 bits per heavy atom. The summed E-state index contributed by atoms with van der Waals surface area (Å²) in [6.07, 6.45) is 1.56. The van der Waals surface area contributed by atoms with Gasteiger partial charge >= 0.3 is 0 Å². The number of nitrogens with one attached hydrogen (secondary N) is 1. The van der Waals surface area contributed by atoms with Crippen LogP contribution < -0.4 is 5.32 Å². The molecule has 0 aliphatic carbocycles. The van der Waals surface area contributed by atoms with Crippen molar-refractivity contribution in [2.24, 2.45) is 5.92 Å². The van der Waals surface area contributed by atoms with Crippen LogP contribution >= 0.6 is 15.9 Å². The maximum Gasteiger partial charge on any atom is 0.153 e. The molecule has 1 N–H and O–H groups in total. The van der Waals surface area contributed by atoms with Gasteiger partial charge in [0.15, 0.2) is 5.82 Å². The lowest BCUT2D eigenvalue weighted by Gasteiger charge is -2.11. The van der Waals surface area contributed by atoms with E-state index in [9.17, 15) is 8.78 Å². The van der Waals surface area contributed by atoms with E-state index in [4.69, 9.17) is 0 Å². The van der Waals surface area contributed by atoms with E-state index in [1.54, 1.807) is 6.20 Å². The summed E-state index contributed by atoms with van der Waals surface area (Å²) in [6, 6.07) is 2.03. The fraction of sp³-hybridized carbons (Fsp3) is 0.385. The number of hydrogen-bond donors (Lipinski definition) is 1. The number of rotatable bonds is 5. The van der Waals surface area contributed by atoms with Gasteiger partial charge in [0.25, 0.3) is 0 Å². The van der Waals surface area contributed by atoms with E-state index in [1.165, 1.54) is 10.7 Å². The maximum absolute atomic E-state index is 13.9. The molecule has 0 atom stereocenters. The first-order valence-electron chi connectivity index (χ1n) is 6.24. The monoisotopic (exact) mass is 344 g/mol. The van der Waals surface area contributed by atoms with E-state index in [1.807, 2.05) is 0 Å². The first-order valence-corrected chi connectivity index (χ1v) is 7.03. The number of hydrogen-bond acceptors (Lipinski definition) is 3. The standard InChI is InChI=1S/C13H15BrF2N4/c1-8(2)5-17-6-10-7-18-19-20(10)13-11(14)3-9(15)4-12(13)16/h3-4,7-8,17H,5-6H2,1-2H3. The molecule has 0 saturated heterocycles. The second kappa shape index (κ2) is 6.41. The van der Waals surface area contributed by atoms with Gasteiger partial charge in [0.05, 0.1) is 11.9 Å². The second-order valence-electron chi connectivity index (χ2n) is 4.88. The highest BCUT2D eigenvalue weighted by atomic mass is 79.9. The molecule has 0 amide bonds.